The second kappa shape index (κ2) is 5.12. The van der Waals surface area contributed by atoms with Crippen LogP contribution in [0, 0.1) is 6.92 Å². The molecule has 1 aromatic rings. The number of rotatable bonds is 5. The van der Waals surface area contributed by atoms with Gasteiger partial charge < -0.3 is 11.1 Å². The van der Waals surface area contributed by atoms with Crippen molar-refractivity contribution >= 4 is 5.69 Å². The minimum Gasteiger partial charge on any atom is -0.383 e. The molecule has 0 aliphatic carbocycles. The number of nitrogens with two attached hydrogens (primary N) is 1. The van der Waals surface area contributed by atoms with E-state index in [1.807, 2.05) is 25.3 Å². The Hall–Kier alpha value is -1.09. The smallest absolute Gasteiger partial charge is 0.0393 e. The summed E-state index contributed by atoms with van der Waals surface area (Å²) >= 11 is 0. The zero-order valence-corrected chi connectivity index (χ0v) is 9.88. The molecule has 3 N–H and O–H groups in total. The molecule has 1 aromatic heterocycles. The average Bonchev–Trinajstić information content (AvgIpc) is 2.26. The summed E-state index contributed by atoms with van der Waals surface area (Å²) in [5, 5.41) is 3.36. The van der Waals surface area contributed by atoms with Crippen LogP contribution in [0.4, 0.5) is 5.69 Å². The van der Waals surface area contributed by atoms with Crippen LogP contribution in [0.2, 0.25) is 0 Å². The highest BCUT2D eigenvalue weighted by Gasteiger charge is 2.19. The monoisotopic (exact) mass is 207 g/mol. The molecule has 0 bridgehead atoms. The lowest BCUT2D eigenvalue weighted by Crippen LogP contribution is -2.45. The van der Waals surface area contributed by atoms with Gasteiger partial charge in [-0.15, -0.1) is 0 Å². The molecule has 0 spiro atoms. The normalized spacial score (nSPS) is 11.5. The first kappa shape index (κ1) is 12.0. The first-order valence-corrected chi connectivity index (χ1v) is 5.55. The van der Waals surface area contributed by atoms with Gasteiger partial charge in [-0.25, -0.2) is 0 Å². The van der Waals surface area contributed by atoms with Crippen LogP contribution in [0.25, 0.3) is 0 Å². The molecule has 0 saturated carbocycles. The molecule has 0 unspecified atom stereocenters. The fourth-order valence-corrected chi connectivity index (χ4v) is 1.43. The SMILES string of the molecule is CCC(N)(CC)CNc1ccnc(C)c1. The average molecular weight is 207 g/mol. The molecule has 3 nitrogen and oxygen atoms in total. The van der Waals surface area contributed by atoms with Crippen molar-refractivity contribution in [3.63, 3.8) is 0 Å². The van der Waals surface area contributed by atoms with E-state index in [2.05, 4.69) is 24.1 Å². The number of pyridine rings is 1. The molecule has 3 heteroatoms. The zero-order chi connectivity index (χ0) is 11.3. The number of hydrogen-bond acceptors (Lipinski definition) is 3. The Labute approximate surface area is 92.1 Å². The van der Waals surface area contributed by atoms with E-state index in [4.69, 9.17) is 5.73 Å². The Morgan fingerprint density at radius 2 is 2.07 bits per heavy atom. The molecule has 1 rings (SSSR count). The van der Waals surface area contributed by atoms with E-state index in [0.29, 0.717) is 0 Å². The molecule has 1 heterocycles. The number of hydrogen-bond donors (Lipinski definition) is 2. The summed E-state index contributed by atoms with van der Waals surface area (Å²) in [5.41, 5.74) is 8.22. The molecule has 0 fully saturated rings. The fourth-order valence-electron chi connectivity index (χ4n) is 1.43. The lowest BCUT2D eigenvalue weighted by atomic mass is 9.94. The van der Waals surface area contributed by atoms with Gasteiger partial charge in [0.15, 0.2) is 0 Å². The van der Waals surface area contributed by atoms with E-state index in [1.54, 1.807) is 0 Å². The maximum atomic E-state index is 6.20. The Balaban J connectivity index is 2.56. The predicted octanol–water partition coefficient (Wildman–Crippen LogP) is 2.32. The second-order valence-corrected chi connectivity index (χ2v) is 4.11. The van der Waals surface area contributed by atoms with Crippen LogP contribution in [0.15, 0.2) is 18.3 Å². The van der Waals surface area contributed by atoms with E-state index >= 15 is 0 Å². The minimum atomic E-state index is -0.100. The van der Waals surface area contributed by atoms with Gasteiger partial charge in [0.25, 0.3) is 0 Å². The molecule has 0 radical (unpaired) electrons. The van der Waals surface area contributed by atoms with Crippen LogP contribution in [0.5, 0.6) is 0 Å². The predicted molar refractivity (Wildman–Crippen MR) is 65.0 cm³/mol. The van der Waals surface area contributed by atoms with Gasteiger partial charge in [0.05, 0.1) is 0 Å². The zero-order valence-electron chi connectivity index (χ0n) is 9.88. The van der Waals surface area contributed by atoms with Gasteiger partial charge in [-0.2, -0.15) is 0 Å². The molecule has 0 amide bonds. The molecule has 0 atom stereocenters. The van der Waals surface area contributed by atoms with Crippen molar-refractivity contribution in [2.45, 2.75) is 39.2 Å². The van der Waals surface area contributed by atoms with Crippen LogP contribution >= 0.6 is 0 Å². The van der Waals surface area contributed by atoms with Gasteiger partial charge in [-0.05, 0) is 31.9 Å². The number of nitrogens with one attached hydrogen (secondary N) is 1. The Morgan fingerprint density at radius 1 is 1.40 bits per heavy atom. The fraction of sp³-hybridized carbons (Fsp3) is 0.583. The largest absolute Gasteiger partial charge is 0.383 e. The number of aryl methyl sites for hydroxylation is 1. The highest BCUT2D eigenvalue weighted by atomic mass is 14.9. The lowest BCUT2D eigenvalue weighted by molar-refractivity contribution is 0.418. The molecule has 0 aromatic carbocycles. The van der Waals surface area contributed by atoms with Crippen molar-refractivity contribution in [1.82, 2.24) is 4.98 Å². The van der Waals surface area contributed by atoms with E-state index in [9.17, 15) is 0 Å². The van der Waals surface area contributed by atoms with Crippen molar-refractivity contribution in [3.8, 4) is 0 Å². The Bertz CT molecular complexity index is 305. The summed E-state index contributed by atoms with van der Waals surface area (Å²) in [4.78, 5) is 4.15. The van der Waals surface area contributed by atoms with Gasteiger partial charge in [-0.3, -0.25) is 4.98 Å². The Morgan fingerprint density at radius 3 is 2.60 bits per heavy atom. The van der Waals surface area contributed by atoms with Gasteiger partial charge in [0, 0.05) is 29.7 Å². The van der Waals surface area contributed by atoms with Crippen molar-refractivity contribution in [1.29, 1.82) is 0 Å². The lowest BCUT2D eigenvalue weighted by Gasteiger charge is -2.27. The third kappa shape index (κ3) is 3.51. The van der Waals surface area contributed by atoms with Crippen LogP contribution in [0.1, 0.15) is 32.4 Å². The van der Waals surface area contributed by atoms with Crippen molar-refractivity contribution in [2.75, 3.05) is 11.9 Å². The molecule has 0 aliphatic rings. The molecule has 0 saturated heterocycles. The summed E-state index contributed by atoms with van der Waals surface area (Å²) < 4.78 is 0. The summed E-state index contributed by atoms with van der Waals surface area (Å²) in [6.07, 6.45) is 3.79. The second-order valence-electron chi connectivity index (χ2n) is 4.11. The number of aromatic nitrogens is 1. The third-order valence-electron chi connectivity index (χ3n) is 2.95. The molecule has 0 aliphatic heterocycles. The van der Waals surface area contributed by atoms with Crippen molar-refractivity contribution in [2.24, 2.45) is 5.73 Å². The maximum absolute atomic E-state index is 6.20. The van der Waals surface area contributed by atoms with Gasteiger partial charge >= 0.3 is 0 Å². The maximum Gasteiger partial charge on any atom is 0.0393 e. The standard InChI is InChI=1S/C12H21N3/c1-4-12(13,5-2)9-15-11-6-7-14-10(3)8-11/h6-8H,4-5,9,13H2,1-3H3,(H,14,15). The summed E-state index contributed by atoms with van der Waals surface area (Å²) in [6, 6.07) is 4.00. The minimum absolute atomic E-state index is 0.100. The molecular weight excluding hydrogens is 186 g/mol. The van der Waals surface area contributed by atoms with E-state index < -0.39 is 0 Å². The van der Waals surface area contributed by atoms with Crippen molar-refractivity contribution in [3.05, 3.63) is 24.0 Å². The number of anilines is 1. The number of nitrogens with zero attached hydrogens (tertiary/aromatic N) is 1. The van der Waals surface area contributed by atoms with Gasteiger partial charge in [0.1, 0.15) is 0 Å². The summed E-state index contributed by atoms with van der Waals surface area (Å²) in [6.45, 7) is 7.05. The van der Waals surface area contributed by atoms with Gasteiger partial charge in [-0.1, -0.05) is 13.8 Å². The van der Waals surface area contributed by atoms with Gasteiger partial charge in [0.2, 0.25) is 0 Å². The first-order chi connectivity index (χ1) is 7.09. The van der Waals surface area contributed by atoms with E-state index in [1.165, 1.54) is 0 Å². The molecule has 15 heavy (non-hydrogen) atoms. The third-order valence-corrected chi connectivity index (χ3v) is 2.95. The quantitative estimate of drug-likeness (QED) is 0.779. The molecule has 84 valence electrons. The summed E-state index contributed by atoms with van der Waals surface area (Å²) in [5.74, 6) is 0. The van der Waals surface area contributed by atoms with Crippen LogP contribution in [-0.4, -0.2) is 17.1 Å². The van der Waals surface area contributed by atoms with Crippen LogP contribution in [0.3, 0.4) is 0 Å². The summed E-state index contributed by atoms with van der Waals surface area (Å²) in [7, 11) is 0. The highest BCUT2D eigenvalue weighted by molar-refractivity contribution is 5.43. The van der Waals surface area contributed by atoms with Crippen molar-refractivity contribution < 1.29 is 0 Å². The van der Waals surface area contributed by atoms with E-state index in [-0.39, 0.29) is 5.54 Å². The first-order valence-electron chi connectivity index (χ1n) is 5.55. The Kier molecular flexibility index (Phi) is 4.09. The van der Waals surface area contributed by atoms with E-state index in [0.717, 1.165) is 30.8 Å². The topological polar surface area (TPSA) is 50.9 Å². The molecular formula is C12H21N3. The van der Waals surface area contributed by atoms with Crippen LogP contribution < -0.4 is 11.1 Å². The van der Waals surface area contributed by atoms with Crippen LogP contribution in [-0.2, 0) is 0 Å². The highest BCUT2D eigenvalue weighted by Crippen LogP contribution is 2.14.